The summed E-state index contributed by atoms with van der Waals surface area (Å²) in [5.41, 5.74) is -0.424. The molecule has 17 heavy (non-hydrogen) atoms. The molecule has 0 saturated carbocycles. The fourth-order valence-corrected chi connectivity index (χ4v) is 3.92. The van der Waals surface area contributed by atoms with Gasteiger partial charge < -0.3 is 4.90 Å². The Balaban J connectivity index is 2.56. The number of carbonyl (C=O) groups excluding carboxylic acids is 1. The van der Waals surface area contributed by atoms with Crippen molar-refractivity contribution in [2.24, 2.45) is 11.3 Å². The van der Waals surface area contributed by atoms with Crippen molar-refractivity contribution in [1.82, 2.24) is 4.90 Å². The molecule has 0 spiro atoms. The minimum atomic E-state index is -3.03. The van der Waals surface area contributed by atoms with E-state index < -0.39 is 15.3 Å². The van der Waals surface area contributed by atoms with Crippen molar-refractivity contribution in [3.05, 3.63) is 0 Å². The Labute approximate surface area is 104 Å². The molecule has 0 aromatic carbocycles. The molecule has 4 nitrogen and oxygen atoms in total. The second-order valence-electron chi connectivity index (χ2n) is 6.31. The molecule has 0 atom stereocenters. The molecule has 0 aliphatic carbocycles. The zero-order valence-electron chi connectivity index (χ0n) is 11.4. The van der Waals surface area contributed by atoms with Gasteiger partial charge in [-0.05, 0) is 5.92 Å². The van der Waals surface area contributed by atoms with E-state index in [1.165, 1.54) is 0 Å². The van der Waals surface area contributed by atoms with Gasteiger partial charge in [-0.1, -0.05) is 34.6 Å². The first kappa shape index (κ1) is 14.5. The predicted molar refractivity (Wildman–Crippen MR) is 68.4 cm³/mol. The molecule has 1 rings (SSSR count). The van der Waals surface area contributed by atoms with E-state index >= 15 is 0 Å². The molecule has 1 aliphatic heterocycles. The molecule has 5 heteroatoms. The molecular weight excluding hydrogens is 238 g/mol. The van der Waals surface area contributed by atoms with E-state index in [9.17, 15) is 13.2 Å². The van der Waals surface area contributed by atoms with Crippen LogP contribution in [-0.2, 0) is 14.6 Å². The Morgan fingerprint density at radius 3 is 2.12 bits per heavy atom. The molecule has 100 valence electrons. The van der Waals surface area contributed by atoms with Gasteiger partial charge in [-0.25, -0.2) is 8.42 Å². The van der Waals surface area contributed by atoms with Crippen LogP contribution in [0.1, 0.15) is 34.6 Å². The summed E-state index contributed by atoms with van der Waals surface area (Å²) in [6.45, 7) is 10.1. The van der Waals surface area contributed by atoms with Crippen molar-refractivity contribution in [3.63, 3.8) is 0 Å². The van der Waals surface area contributed by atoms with E-state index in [-0.39, 0.29) is 22.8 Å². The molecular formula is C12H23NO3S. The summed E-state index contributed by atoms with van der Waals surface area (Å²) in [5.74, 6) is 0.399. The average Bonchev–Trinajstić information content (AvgIpc) is 1.94. The summed E-state index contributed by atoms with van der Waals surface area (Å²) < 4.78 is 23.8. The molecule has 1 saturated heterocycles. The second-order valence-corrected chi connectivity index (χ2v) is 8.63. The Morgan fingerprint density at radius 1 is 1.29 bits per heavy atom. The van der Waals surface area contributed by atoms with Gasteiger partial charge in [0.05, 0.1) is 11.0 Å². The Hall–Kier alpha value is -0.580. The Bertz CT molecular complexity index is 386. The molecule has 1 heterocycles. The number of amides is 1. The fraction of sp³-hybridized carbons (Fsp3) is 0.917. The minimum absolute atomic E-state index is 0.0356. The van der Waals surface area contributed by atoms with Gasteiger partial charge in [-0.2, -0.15) is 0 Å². The summed E-state index contributed by atoms with van der Waals surface area (Å²) >= 11 is 0. The second kappa shape index (κ2) is 4.59. The van der Waals surface area contributed by atoms with Crippen LogP contribution in [0.5, 0.6) is 0 Å². The third-order valence-corrected chi connectivity index (χ3v) is 5.30. The maximum atomic E-state index is 11.9. The number of rotatable bonds is 3. The summed E-state index contributed by atoms with van der Waals surface area (Å²) in [5, 5.41) is -0.351. The molecule has 1 amide bonds. The molecule has 0 aromatic rings. The van der Waals surface area contributed by atoms with Gasteiger partial charge in [0, 0.05) is 18.5 Å². The lowest BCUT2D eigenvalue weighted by Gasteiger charge is -2.42. The van der Waals surface area contributed by atoms with Gasteiger partial charge in [0.1, 0.15) is 0 Å². The van der Waals surface area contributed by atoms with Gasteiger partial charge in [-0.3, -0.25) is 4.79 Å². The molecule has 0 unspecified atom stereocenters. The third kappa shape index (κ3) is 3.44. The number of carbonyl (C=O) groups is 1. The van der Waals surface area contributed by atoms with Gasteiger partial charge in [-0.15, -0.1) is 0 Å². The lowest BCUT2D eigenvalue weighted by atomic mass is 9.93. The van der Waals surface area contributed by atoms with Crippen molar-refractivity contribution in [2.75, 3.05) is 18.8 Å². The lowest BCUT2D eigenvalue weighted by molar-refractivity contribution is -0.142. The molecule has 1 aliphatic rings. The fourth-order valence-electron chi connectivity index (χ4n) is 1.91. The summed E-state index contributed by atoms with van der Waals surface area (Å²) in [4.78, 5) is 13.5. The Kier molecular flexibility index (Phi) is 3.91. The van der Waals surface area contributed by atoms with E-state index in [0.717, 1.165) is 0 Å². The van der Waals surface area contributed by atoms with E-state index in [0.29, 0.717) is 13.1 Å². The normalized spacial score (nSPS) is 18.4. The standard InChI is InChI=1S/C12H23NO3S/c1-9(2)8-17(15,16)10-6-13(7-10)11(14)12(3,4)5/h9-10H,6-8H2,1-5H3. The summed E-state index contributed by atoms with van der Waals surface area (Å²) in [6.07, 6.45) is 0. The van der Waals surface area contributed by atoms with Gasteiger partial charge in [0.25, 0.3) is 0 Å². The van der Waals surface area contributed by atoms with Crippen LogP contribution in [0.25, 0.3) is 0 Å². The highest BCUT2D eigenvalue weighted by molar-refractivity contribution is 7.92. The van der Waals surface area contributed by atoms with E-state index in [1.54, 1.807) is 4.90 Å². The minimum Gasteiger partial charge on any atom is -0.339 e. The topological polar surface area (TPSA) is 54.5 Å². The highest BCUT2D eigenvalue weighted by Gasteiger charge is 2.42. The van der Waals surface area contributed by atoms with Crippen molar-refractivity contribution in [2.45, 2.75) is 39.9 Å². The molecule has 0 N–H and O–H groups in total. The van der Waals surface area contributed by atoms with Crippen molar-refractivity contribution >= 4 is 15.7 Å². The van der Waals surface area contributed by atoms with Crippen LogP contribution >= 0.6 is 0 Å². The first-order chi connectivity index (χ1) is 7.54. The van der Waals surface area contributed by atoms with Crippen molar-refractivity contribution in [1.29, 1.82) is 0 Å². The average molecular weight is 261 g/mol. The number of nitrogens with zero attached hydrogens (tertiary/aromatic N) is 1. The number of hydrogen-bond donors (Lipinski definition) is 0. The molecule has 0 radical (unpaired) electrons. The largest absolute Gasteiger partial charge is 0.339 e. The van der Waals surface area contributed by atoms with E-state index in [1.807, 2.05) is 34.6 Å². The summed E-state index contributed by atoms with van der Waals surface area (Å²) in [7, 11) is -3.03. The maximum absolute atomic E-state index is 11.9. The number of sulfone groups is 1. The lowest BCUT2D eigenvalue weighted by Crippen LogP contribution is -2.59. The number of hydrogen-bond acceptors (Lipinski definition) is 3. The third-order valence-electron chi connectivity index (χ3n) is 2.85. The SMILES string of the molecule is CC(C)CS(=O)(=O)C1CN(C(=O)C(C)(C)C)C1. The van der Waals surface area contributed by atoms with Gasteiger partial charge in [0.2, 0.25) is 5.91 Å². The zero-order chi connectivity index (χ0) is 13.4. The Morgan fingerprint density at radius 2 is 1.76 bits per heavy atom. The van der Waals surface area contributed by atoms with E-state index in [4.69, 9.17) is 0 Å². The van der Waals surface area contributed by atoms with Crippen LogP contribution in [0.3, 0.4) is 0 Å². The highest BCUT2D eigenvalue weighted by Crippen LogP contribution is 2.25. The monoisotopic (exact) mass is 261 g/mol. The zero-order valence-corrected chi connectivity index (χ0v) is 12.2. The van der Waals surface area contributed by atoms with Crippen LogP contribution in [0, 0.1) is 11.3 Å². The molecule has 0 aromatic heterocycles. The van der Waals surface area contributed by atoms with Crippen LogP contribution in [0.15, 0.2) is 0 Å². The van der Waals surface area contributed by atoms with Crippen molar-refractivity contribution < 1.29 is 13.2 Å². The van der Waals surface area contributed by atoms with Crippen LogP contribution < -0.4 is 0 Å². The molecule has 0 bridgehead atoms. The van der Waals surface area contributed by atoms with Crippen LogP contribution in [0.4, 0.5) is 0 Å². The van der Waals surface area contributed by atoms with Crippen LogP contribution in [0.2, 0.25) is 0 Å². The maximum Gasteiger partial charge on any atom is 0.228 e. The quantitative estimate of drug-likeness (QED) is 0.770. The number of likely N-dealkylation sites (tertiary alicyclic amines) is 1. The summed E-state index contributed by atoms with van der Waals surface area (Å²) in [6, 6.07) is 0. The van der Waals surface area contributed by atoms with Gasteiger partial charge in [0.15, 0.2) is 9.84 Å². The predicted octanol–water partition coefficient (Wildman–Crippen LogP) is 1.31. The van der Waals surface area contributed by atoms with E-state index in [2.05, 4.69) is 0 Å². The smallest absolute Gasteiger partial charge is 0.228 e. The molecule has 1 fully saturated rings. The highest BCUT2D eigenvalue weighted by atomic mass is 32.2. The first-order valence-electron chi connectivity index (χ1n) is 6.05. The first-order valence-corrected chi connectivity index (χ1v) is 7.76. The van der Waals surface area contributed by atoms with Crippen LogP contribution in [-0.4, -0.2) is 43.3 Å². The van der Waals surface area contributed by atoms with Gasteiger partial charge >= 0.3 is 0 Å². The van der Waals surface area contributed by atoms with Crippen molar-refractivity contribution in [3.8, 4) is 0 Å².